The summed E-state index contributed by atoms with van der Waals surface area (Å²) >= 11 is 0. The van der Waals surface area contributed by atoms with E-state index in [1.54, 1.807) is 7.11 Å². The van der Waals surface area contributed by atoms with Crippen LogP contribution in [-0.4, -0.2) is 30.3 Å². The first-order valence-electron chi connectivity index (χ1n) is 8.33. The minimum absolute atomic E-state index is 0.284. The lowest BCUT2D eigenvalue weighted by atomic mass is 9.87. The molecule has 2 unspecified atom stereocenters. The fraction of sp³-hybridized carbons (Fsp3) is 0.400. The van der Waals surface area contributed by atoms with Gasteiger partial charge in [-0.15, -0.1) is 0 Å². The molecule has 2 aromatic rings. The van der Waals surface area contributed by atoms with Crippen molar-refractivity contribution in [1.29, 1.82) is 0 Å². The highest BCUT2D eigenvalue weighted by atomic mass is 16.5. The minimum atomic E-state index is 0.284. The molecule has 1 heterocycles. The molecule has 1 aliphatic heterocycles. The van der Waals surface area contributed by atoms with Crippen LogP contribution in [0.4, 0.5) is 0 Å². The van der Waals surface area contributed by atoms with Crippen molar-refractivity contribution < 1.29 is 9.84 Å². The van der Waals surface area contributed by atoms with Crippen LogP contribution in [0.25, 0.3) is 0 Å². The van der Waals surface area contributed by atoms with E-state index in [0.717, 1.165) is 31.7 Å². The Kier molecular flexibility index (Phi) is 5.31. The Balaban J connectivity index is 1.80. The van der Waals surface area contributed by atoms with Gasteiger partial charge in [0.25, 0.3) is 0 Å². The van der Waals surface area contributed by atoms with E-state index in [4.69, 9.17) is 4.74 Å². The number of methoxy groups -OCH3 is 1. The Hall–Kier alpha value is -1.84. The summed E-state index contributed by atoms with van der Waals surface area (Å²) in [6.07, 6.45) is 2.08. The molecule has 0 aliphatic carbocycles. The molecule has 2 aromatic carbocycles. The maximum absolute atomic E-state index is 9.58. The monoisotopic (exact) mass is 311 g/mol. The minimum Gasteiger partial charge on any atom is -0.497 e. The van der Waals surface area contributed by atoms with Crippen LogP contribution in [0.2, 0.25) is 0 Å². The van der Waals surface area contributed by atoms with Crippen molar-refractivity contribution in [2.24, 2.45) is 5.92 Å². The maximum Gasteiger partial charge on any atom is 0.118 e. The number of benzene rings is 2. The van der Waals surface area contributed by atoms with Crippen LogP contribution in [0.15, 0.2) is 54.6 Å². The van der Waals surface area contributed by atoms with E-state index in [1.807, 2.05) is 12.1 Å². The molecule has 3 heteroatoms. The van der Waals surface area contributed by atoms with Gasteiger partial charge in [-0.25, -0.2) is 0 Å². The van der Waals surface area contributed by atoms with E-state index in [2.05, 4.69) is 47.4 Å². The lowest BCUT2D eigenvalue weighted by Gasteiger charge is -2.39. The normalized spacial score (nSPS) is 22.0. The van der Waals surface area contributed by atoms with Crippen LogP contribution >= 0.6 is 0 Å². The summed E-state index contributed by atoms with van der Waals surface area (Å²) in [7, 11) is 1.69. The first-order valence-corrected chi connectivity index (χ1v) is 8.33. The lowest BCUT2D eigenvalue weighted by molar-refractivity contribution is 0.0748. The summed E-state index contributed by atoms with van der Waals surface area (Å²) in [6, 6.07) is 19.3. The second-order valence-corrected chi connectivity index (χ2v) is 6.32. The molecule has 0 amide bonds. The molecule has 0 radical (unpaired) electrons. The third-order valence-corrected chi connectivity index (χ3v) is 4.81. The molecule has 1 N–H and O–H groups in total. The summed E-state index contributed by atoms with van der Waals surface area (Å²) in [5.74, 6) is 1.28. The molecule has 1 aliphatic rings. The summed E-state index contributed by atoms with van der Waals surface area (Å²) in [5, 5.41) is 9.58. The van der Waals surface area contributed by atoms with Gasteiger partial charge in [0.05, 0.1) is 7.11 Å². The molecule has 1 fully saturated rings. The molecule has 3 nitrogen and oxygen atoms in total. The third kappa shape index (κ3) is 3.92. The van der Waals surface area contributed by atoms with Gasteiger partial charge in [0, 0.05) is 19.2 Å². The second kappa shape index (κ2) is 7.62. The van der Waals surface area contributed by atoms with Crippen LogP contribution in [0, 0.1) is 5.92 Å². The van der Waals surface area contributed by atoms with E-state index in [0.29, 0.717) is 12.0 Å². The predicted molar refractivity (Wildman–Crippen MR) is 92.4 cm³/mol. The maximum atomic E-state index is 9.58. The van der Waals surface area contributed by atoms with Gasteiger partial charge in [0.15, 0.2) is 0 Å². The van der Waals surface area contributed by atoms with Gasteiger partial charge in [-0.1, -0.05) is 42.5 Å². The van der Waals surface area contributed by atoms with Crippen LogP contribution in [0.1, 0.15) is 30.0 Å². The van der Waals surface area contributed by atoms with Gasteiger partial charge in [-0.3, -0.25) is 4.90 Å². The Morgan fingerprint density at radius 2 is 1.83 bits per heavy atom. The summed E-state index contributed by atoms with van der Waals surface area (Å²) < 4.78 is 5.27. The predicted octanol–water partition coefficient (Wildman–Crippen LogP) is 3.64. The van der Waals surface area contributed by atoms with E-state index in [1.165, 1.54) is 11.1 Å². The van der Waals surface area contributed by atoms with Crippen molar-refractivity contribution in [2.75, 3.05) is 20.3 Å². The van der Waals surface area contributed by atoms with Gasteiger partial charge < -0.3 is 9.84 Å². The van der Waals surface area contributed by atoms with E-state index in [9.17, 15) is 5.11 Å². The highest BCUT2D eigenvalue weighted by Gasteiger charge is 2.29. The van der Waals surface area contributed by atoms with Gasteiger partial charge in [0.1, 0.15) is 5.75 Å². The van der Waals surface area contributed by atoms with Crippen LogP contribution in [0.3, 0.4) is 0 Å². The number of hydrogen-bond acceptors (Lipinski definition) is 3. The average molecular weight is 311 g/mol. The number of rotatable bonds is 5. The van der Waals surface area contributed by atoms with Crippen molar-refractivity contribution in [1.82, 2.24) is 4.90 Å². The van der Waals surface area contributed by atoms with Gasteiger partial charge in [-0.05, 0) is 48.6 Å². The number of piperidine rings is 1. The van der Waals surface area contributed by atoms with E-state index in [-0.39, 0.29) is 6.61 Å². The van der Waals surface area contributed by atoms with Crippen molar-refractivity contribution in [3.63, 3.8) is 0 Å². The smallest absolute Gasteiger partial charge is 0.118 e. The second-order valence-electron chi connectivity index (χ2n) is 6.32. The summed E-state index contributed by atoms with van der Waals surface area (Å²) in [5.41, 5.74) is 2.65. The zero-order valence-corrected chi connectivity index (χ0v) is 13.7. The molecular formula is C20H25NO2. The number of hydrogen-bond donors (Lipinski definition) is 1. The topological polar surface area (TPSA) is 32.7 Å². The highest BCUT2D eigenvalue weighted by molar-refractivity contribution is 5.29. The van der Waals surface area contributed by atoms with Crippen molar-refractivity contribution in [2.45, 2.75) is 25.4 Å². The molecule has 3 rings (SSSR count). The third-order valence-electron chi connectivity index (χ3n) is 4.81. The zero-order valence-electron chi connectivity index (χ0n) is 13.7. The Labute approximate surface area is 138 Å². The van der Waals surface area contributed by atoms with Crippen molar-refractivity contribution >= 4 is 0 Å². The van der Waals surface area contributed by atoms with Gasteiger partial charge >= 0.3 is 0 Å². The molecule has 122 valence electrons. The molecule has 0 spiro atoms. The molecular weight excluding hydrogens is 286 g/mol. The SMILES string of the molecule is COc1ccc(C2CC(CO)CCN2Cc2ccccc2)cc1. The largest absolute Gasteiger partial charge is 0.497 e. The van der Waals surface area contributed by atoms with Crippen LogP contribution in [0.5, 0.6) is 5.75 Å². The molecule has 0 bridgehead atoms. The Morgan fingerprint density at radius 3 is 2.48 bits per heavy atom. The Bertz CT molecular complexity index is 597. The van der Waals surface area contributed by atoms with Gasteiger partial charge in [-0.2, -0.15) is 0 Å². The van der Waals surface area contributed by atoms with E-state index < -0.39 is 0 Å². The van der Waals surface area contributed by atoms with Crippen LogP contribution in [-0.2, 0) is 6.54 Å². The molecule has 0 aromatic heterocycles. The number of ether oxygens (including phenoxy) is 1. The lowest BCUT2D eigenvalue weighted by Crippen LogP contribution is -2.37. The first kappa shape index (κ1) is 16.0. The molecule has 23 heavy (non-hydrogen) atoms. The quantitative estimate of drug-likeness (QED) is 0.915. The summed E-state index contributed by atoms with van der Waals surface area (Å²) in [4.78, 5) is 2.53. The van der Waals surface area contributed by atoms with Crippen molar-refractivity contribution in [3.05, 3.63) is 65.7 Å². The zero-order chi connectivity index (χ0) is 16.1. The molecule has 2 atom stereocenters. The number of aliphatic hydroxyl groups excluding tert-OH is 1. The first-order chi connectivity index (χ1) is 11.3. The fourth-order valence-electron chi connectivity index (χ4n) is 3.43. The summed E-state index contributed by atoms with van der Waals surface area (Å²) in [6.45, 7) is 2.26. The van der Waals surface area contributed by atoms with Crippen LogP contribution < -0.4 is 4.74 Å². The average Bonchev–Trinajstić information content (AvgIpc) is 2.63. The van der Waals surface area contributed by atoms with E-state index >= 15 is 0 Å². The number of aliphatic hydroxyl groups is 1. The fourth-order valence-corrected chi connectivity index (χ4v) is 3.43. The van der Waals surface area contributed by atoms with Gasteiger partial charge in [0.2, 0.25) is 0 Å². The molecule has 0 saturated carbocycles. The molecule has 1 saturated heterocycles. The highest BCUT2D eigenvalue weighted by Crippen LogP contribution is 2.35. The number of likely N-dealkylation sites (tertiary alicyclic amines) is 1. The number of nitrogens with zero attached hydrogens (tertiary/aromatic N) is 1. The van der Waals surface area contributed by atoms with Crippen molar-refractivity contribution in [3.8, 4) is 5.75 Å². The standard InChI is InChI=1S/C20H25NO2/c1-23-19-9-7-18(8-10-19)20-13-17(15-22)11-12-21(20)14-16-5-3-2-4-6-16/h2-10,17,20,22H,11-15H2,1H3. The Morgan fingerprint density at radius 1 is 1.09 bits per heavy atom.